The van der Waals surface area contributed by atoms with Gasteiger partial charge in [0, 0.05) is 32.0 Å². The summed E-state index contributed by atoms with van der Waals surface area (Å²) >= 11 is 0. The third kappa shape index (κ3) is 10.1. The zero-order chi connectivity index (χ0) is 26.9. The van der Waals surface area contributed by atoms with Crippen LogP contribution in [0, 0.1) is 0 Å². The van der Waals surface area contributed by atoms with E-state index in [9.17, 15) is 5.11 Å². The number of hydrogen-bond acceptors (Lipinski definition) is 7. The summed E-state index contributed by atoms with van der Waals surface area (Å²) in [5.74, 6) is 0.654. The Hall–Kier alpha value is -1.22. The van der Waals surface area contributed by atoms with E-state index in [2.05, 4.69) is 27.7 Å². The molecule has 1 aliphatic heterocycles. The van der Waals surface area contributed by atoms with Crippen LogP contribution in [0.3, 0.4) is 0 Å². The summed E-state index contributed by atoms with van der Waals surface area (Å²) in [6.45, 7) is 11.6. The van der Waals surface area contributed by atoms with Gasteiger partial charge in [-0.15, -0.1) is 0 Å². The van der Waals surface area contributed by atoms with Gasteiger partial charge in [0.15, 0.2) is 0 Å². The first kappa shape index (κ1) is 32.0. The van der Waals surface area contributed by atoms with Crippen molar-refractivity contribution in [2.45, 2.75) is 116 Å². The van der Waals surface area contributed by atoms with E-state index in [0.717, 1.165) is 62.5 Å². The van der Waals surface area contributed by atoms with Crippen LogP contribution in [0.2, 0.25) is 0 Å². The van der Waals surface area contributed by atoms with E-state index in [1.165, 1.54) is 0 Å². The third-order valence-electron chi connectivity index (χ3n) is 6.79. The maximum absolute atomic E-state index is 9.97. The van der Waals surface area contributed by atoms with E-state index in [1.54, 1.807) is 7.11 Å². The summed E-state index contributed by atoms with van der Waals surface area (Å²) in [6.07, 6.45) is 6.54. The van der Waals surface area contributed by atoms with Crippen molar-refractivity contribution in [3.8, 4) is 5.75 Å². The second kappa shape index (κ2) is 18.9. The van der Waals surface area contributed by atoms with Gasteiger partial charge in [0.25, 0.3) is 0 Å². The molecule has 7 heteroatoms. The van der Waals surface area contributed by atoms with E-state index < -0.39 is 0 Å². The molecular weight excluding hydrogens is 472 g/mol. The Morgan fingerprint density at radius 3 is 1.89 bits per heavy atom. The zero-order valence-electron chi connectivity index (χ0n) is 23.9. The topological polar surface area (TPSA) is 75.6 Å². The number of aliphatic hydroxyl groups is 1. The molecule has 0 unspecified atom stereocenters. The Labute approximate surface area is 225 Å². The van der Waals surface area contributed by atoms with Crippen molar-refractivity contribution in [3.05, 3.63) is 29.3 Å². The van der Waals surface area contributed by atoms with Crippen molar-refractivity contribution in [2.24, 2.45) is 0 Å². The van der Waals surface area contributed by atoms with E-state index in [0.29, 0.717) is 38.8 Å². The average Bonchev–Trinajstić information content (AvgIpc) is 2.92. The highest BCUT2D eigenvalue weighted by Gasteiger charge is 2.48. The molecule has 5 atom stereocenters. The van der Waals surface area contributed by atoms with Crippen LogP contribution in [0.25, 0.3) is 0 Å². The standard InChI is InChI=1S/C30H52O7/c1-6-10-16-33-22-26-28(34-17-11-7-2)30(36-19-13-9-4)29(35-18-12-8-3)27(37-26)23-14-15-25(32-5)24(20-23)21-31/h14-15,20,26-31H,6-13,16-19,21-22H2,1-5H3/t26-,27+,28-,29+,30+/m1/s1. The fourth-order valence-corrected chi connectivity index (χ4v) is 4.53. The van der Waals surface area contributed by atoms with Crippen LogP contribution in [-0.2, 0) is 30.3 Å². The molecule has 1 aromatic rings. The minimum absolute atomic E-state index is 0.117. The fourth-order valence-electron chi connectivity index (χ4n) is 4.53. The zero-order valence-corrected chi connectivity index (χ0v) is 23.9. The first-order chi connectivity index (χ1) is 18.1. The van der Waals surface area contributed by atoms with Crippen LogP contribution in [0.4, 0.5) is 0 Å². The van der Waals surface area contributed by atoms with Crippen LogP contribution in [0.5, 0.6) is 5.75 Å². The number of ether oxygens (including phenoxy) is 6. The highest BCUT2D eigenvalue weighted by molar-refractivity contribution is 5.38. The predicted octanol–water partition coefficient (Wildman–Crippen LogP) is 6.00. The fraction of sp³-hybridized carbons (Fsp3) is 0.800. The van der Waals surface area contributed by atoms with Gasteiger partial charge in [-0.3, -0.25) is 0 Å². The number of benzene rings is 1. The first-order valence-corrected chi connectivity index (χ1v) is 14.5. The van der Waals surface area contributed by atoms with Gasteiger partial charge in [0.05, 0.1) is 20.3 Å². The van der Waals surface area contributed by atoms with Crippen molar-refractivity contribution in [3.63, 3.8) is 0 Å². The van der Waals surface area contributed by atoms with Crippen LogP contribution in [-0.4, -0.2) is 69.7 Å². The molecule has 0 aliphatic carbocycles. The Morgan fingerprint density at radius 2 is 1.32 bits per heavy atom. The predicted molar refractivity (Wildman–Crippen MR) is 146 cm³/mol. The molecular formula is C30H52O7. The Balaban J connectivity index is 2.44. The second-order valence-corrected chi connectivity index (χ2v) is 9.82. The monoisotopic (exact) mass is 524 g/mol. The average molecular weight is 525 g/mol. The van der Waals surface area contributed by atoms with Crippen molar-refractivity contribution in [2.75, 3.05) is 40.1 Å². The van der Waals surface area contributed by atoms with Crippen LogP contribution >= 0.6 is 0 Å². The lowest BCUT2D eigenvalue weighted by Crippen LogP contribution is -2.58. The van der Waals surface area contributed by atoms with Gasteiger partial charge >= 0.3 is 0 Å². The Kier molecular flexibility index (Phi) is 16.4. The quantitative estimate of drug-likeness (QED) is 0.210. The van der Waals surface area contributed by atoms with Gasteiger partial charge in [0.2, 0.25) is 0 Å². The van der Waals surface area contributed by atoms with Gasteiger partial charge < -0.3 is 33.5 Å². The lowest BCUT2D eigenvalue weighted by molar-refractivity contribution is -0.268. The molecule has 1 heterocycles. The molecule has 1 aromatic carbocycles. The highest BCUT2D eigenvalue weighted by atomic mass is 16.6. The summed E-state index contributed by atoms with van der Waals surface area (Å²) in [5.41, 5.74) is 1.65. The summed E-state index contributed by atoms with van der Waals surface area (Å²) < 4.78 is 37.8. The number of hydrogen-bond donors (Lipinski definition) is 1. The minimum Gasteiger partial charge on any atom is -0.496 e. The molecule has 37 heavy (non-hydrogen) atoms. The number of unbranched alkanes of at least 4 members (excludes halogenated alkanes) is 4. The third-order valence-corrected chi connectivity index (χ3v) is 6.79. The SMILES string of the molecule is CCCCOC[C@H]1O[C@@H](c2ccc(OC)c(CO)c2)[C@H](OCCCC)[C@@H](OCCCC)[C@@H]1OCCCC. The Bertz CT molecular complexity index is 713. The highest BCUT2D eigenvalue weighted by Crippen LogP contribution is 2.39. The molecule has 0 radical (unpaired) electrons. The maximum atomic E-state index is 9.97. The van der Waals surface area contributed by atoms with E-state index >= 15 is 0 Å². The van der Waals surface area contributed by atoms with Gasteiger partial charge in [-0.2, -0.15) is 0 Å². The molecule has 7 nitrogen and oxygen atoms in total. The molecule has 1 N–H and O–H groups in total. The number of aliphatic hydroxyl groups excluding tert-OH is 1. The minimum atomic E-state index is -0.384. The largest absolute Gasteiger partial charge is 0.496 e. The first-order valence-electron chi connectivity index (χ1n) is 14.5. The van der Waals surface area contributed by atoms with Gasteiger partial charge in [-0.1, -0.05) is 59.4 Å². The van der Waals surface area contributed by atoms with Crippen LogP contribution in [0.15, 0.2) is 18.2 Å². The number of methoxy groups -OCH3 is 1. The van der Waals surface area contributed by atoms with E-state index in [1.807, 2.05) is 18.2 Å². The smallest absolute Gasteiger partial charge is 0.124 e. The second-order valence-electron chi connectivity index (χ2n) is 9.82. The summed E-state index contributed by atoms with van der Waals surface area (Å²) in [4.78, 5) is 0. The lowest BCUT2D eigenvalue weighted by Gasteiger charge is -2.46. The van der Waals surface area contributed by atoms with Crippen LogP contribution in [0.1, 0.15) is 96.3 Å². The van der Waals surface area contributed by atoms with Gasteiger partial charge in [-0.25, -0.2) is 0 Å². The molecule has 0 bridgehead atoms. The molecule has 214 valence electrons. The van der Waals surface area contributed by atoms with E-state index in [4.69, 9.17) is 28.4 Å². The molecule has 1 saturated heterocycles. The van der Waals surface area contributed by atoms with Crippen LogP contribution < -0.4 is 4.74 Å². The number of rotatable bonds is 20. The van der Waals surface area contributed by atoms with Gasteiger partial charge in [0.1, 0.15) is 36.3 Å². The molecule has 2 rings (SSSR count). The van der Waals surface area contributed by atoms with Crippen molar-refractivity contribution >= 4 is 0 Å². The Morgan fingerprint density at radius 1 is 0.757 bits per heavy atom. The molecule has 0 amide bonds. The van der Waals surface area contributed by atoms with E-state index in [-0.39, 0.29) is 37.1 Å². The van der Waals surface area contributed by atoms with Crippen molar-refractivity contribution < 1.29 is 33.5 Å². The molecule has 1 aliphatic rings. The lowest BCUT2D eigenvalue weighted by atomic mass is 9.89. The molecule has 0 saturated carbocycles. The molecule has 0 spiro atoms. The van der Waals surface area contributed by atoms with Crippen molar-refractivity contribution in [1.29, 1.82) is 0 Å². The summed E-state index contributed by atoms with van der Waals surface area (Å²) in [5, 5.41) is 9.97. The molecule has 0 aromatic heterocycles. The van der Waals surface area contributed by atoms with Crippen molar-refractivity contribution in [1.82, 2.24) is 0 Å². The molecule has 1 fully saturated rings. The summed E-state index contributed by atoms with van der Waals surface area (Å²) in [7, 11) is 1.61. The normalized spacial score (nSPS) is 23.9. The summed E-state index contributed by atoms with van der Waals surface area (Å²) in [6, 6.07) is 5.84. The van der Waals surface area contributed by atoms with Gasteiger partial charge in [-0.05, 0) is 43.4 Å². The maximum Gasteiger partial charge on any atom is 0.124 e.